The summed E-state index contributed by atoms with van der Waals surface area (Å²) in [4.78, 5) is 11.7. The molecule has 0 bridgehead atoms. The summed E-state index contributed by atoms with van der Waals surface area (Å²) in [6.45, 7) is 0. The first-order valence-corrected chi connectivity index (χ1v) is 6.57. The molecule has 2 aromatic rings. The highest BCUT2D eigenvalue weighted by atomic mass is 35.5. The largest absolute Gasteiger partial charge is 0.291 e. The molecule has 0 aliphatic rings. The zero-order chi connectivity index (χ0) is 13.7. The Balaban J connectivity index is 2.00. The van der Waals surface area contributed by atoms with Crippen molar-refractivity contribution < 1.29 is 0 Å². The standard InChI is InChI=1S/C14H12Cl2N2O/c15-12-10-17-18(14(19)13(12)16)9-5-4-8-11-6-2-1-3-7-11/h1-3,5-7,9-10H,4,8H2/b9-5+. The van der Waals surface area contributed by atoms with Gasteiger partial charge in [0.1, 0.15) is 5.02 Å². The van der Waals surface area contributed by atoms with Crippen molar-refractivity contribution in [1.29, 1.82) is 0 Å². The van der Waals surface area contributed by atoms with Crippen molar-refractivity contribution >= 4 is 29.4 Å². The molecule has 1 aromatic carbocycles. The predicted molar refractivity (Wildman–Crippen MR) is 78.6 cm³/mol. The average Bonchev–Trinajstić information content (AvgIpc) is 2.44. The second-order valence-corrected chi connectivity index (χ2v) is 4.75. The summed E-state index contributed by atoms with van der Waals surface area (Å²) in [6.07, 6.45) is 6.57. The van der Waals surface area contributed by atoms with E-state index in [4.69, 9.17) is 23.2 Å². The molecule has 0 saturated heterocycles. The van der Waals surface area contributed by atoms with E-state index in [1.54, 1.807) is 6.20 Å². The predicted octanol–water partition coefficient (Wildman–Crippen LogP) is 3.65. The monoisotopic (exact) mass is 294 g/mol. The van der Waals surface area contributed by atoms with Crippen molar-refractivity contribution in [3.8, 4) is 0 Å². The van der Waals surface area contributed by atoms with E-state index in [-0.39, 0.29) is 10.0 Å². The fourth-order valence-electron chi connectivity index (χ4n) is 1.60. The molecule has 0 N–H and O–H groups in total. The quantitative estimate of drug-likeness (QED) is 0.863. The van der Waals surface area contributed by atoms with E-state index >= 15 is 0 Å². The molecule has 0 unspecified atom stereocenters. The van der Waals surface area contributed by atoms with E-state index in [9.17, 15) is 4.79 Å². The topological polar surface area (TPSA) is 34.9 Å². The number of benzene rings is 1. The highest BCUT2D eigenvalue weighted by molar-refractivity contribution is 6.41. The zero-order valence-electron chi connectivity index (χ0n) is 10.1. The number of hydrogen-bond acceptors (Lipinski definition) is 2. The Morgan fingerprint density at radius 2 is 1.95 bits per heavy atom. The van der Waals surface area contributed by atoms with Gasteiger partial charge in [-0.3, -0.25) is 4.79 Å². The molecule has 0 aliphatic carbocycles. The molecule has 98 valence electrons. The van der Waals surface area contributed by atoms with Gasteiger partial charge >= 0.3 is 0 Å². The van der Waals surface area contributed by atoms with E-state index in [2.05, 4.69) is 17.2 Å². The lowest BCUT2D eigenvalue weighted by molar-refractivity contribution is 0.846. The number of halogens is 2. The molecular formula is C14H12Cl2N2O. The Labute approximate surface area is 121 Å². The molecule has 0 amide bonds. The van der Waals surface area contributed by atoms with Gasteiger partial charge in [0.15, 0.2) is 0 Å². The molecule has 0 atom stereocenters. The minimum absolute atomic E-state index is 0.00984. The second kappa shape index (κ2) is 6.55. The van der Waals surface area contributed by atoms with Crippen molar-refractivity contribution in [2.24, 2.45) is 0 Å². The lowest BCUT2D eigenvalue weighted by atomic mass is 10.1. The van der Waals surface area contributed by atoms with Crippen LogP contribution < -0.4 is 5.56 Å². The SMILES string of the molecule is O=c1c(Cl)c(Cl)cnn1/C=C/CCc1ccccc1. The molecule has 2 rings (SSSR count). The van der Waals surface area contributed by atoms with Crippen molar-refractivity contribution in [1.82, 2.24) is 9.78 Å². The van der Waals surface area contributed by atoms with Crippen LogP contribution in [0.5, 0.6) is 0 Å². The molecule has 5 heteroatoms. The number of hydrogen-bond donors (Lipinski definition) is 0. The van der Waals surface area contributed by atoms with Gasteiger partial charge < -0.3 is 0 Å². The van der Waals surface area contributed by atoms with Crippen LogP contribution in [0.15, 0.2) is 47.4 Å². The Morgan fingerprint density at radius 3 is 2.68 bits per heavy atom. The summed E-state index contributed by atoms with van der Waals surface area (Å²) >= 11 is 11.4. The van der Waals surface area contributed by atoms with Gasteiger partial charge in [-0.1, -0.05) is 59.6 Å². The van der Waals surface area contributed by atoms with Crippen LogP contribution in [0.4, 0.5) is 0 Å². The number of nitrogens with zero attached hydrogens (tertiary/aromatic N) is 2. The van der Waals surface area contributed by atoms with Crippen LogP contribution in [-0.2, 0) is 6.42 Å². The van der Waals surface area contributed by atoms with Crippen molar-refractivity contribution in [3.63, 3.8) is 0 Å². The fraction of sp³-hybridized carbons (Fsp3) is 0.143. The van der Waals surface area contributed by atoms with E-state index < -0.39 is 5.56 Å². The van der Waals surface area contributed by atoms with Crippen LogP contribution >= 0.6 is 23.2 Å². The van der Waals surface area contributed by atoms with Gasteiger partial charge in [-0.15, -0.1) is 0 Å². The Kier molecular flexibility index (Phi) is 4.77. The first kappa shape index (κ1) is 13.8. The van der Waals surface area contributed by atoms with Gasteiger partial charge in [-0.2, -0.15) is 5.10 Å². The molecule has 0 fully saturated rings. The number of aryl methyl sites for hydroxylation is 1. The van der Waals surface area contributed by atoms with Crippen LogP contribution in [0.1, 0.15) is 12.0 Å². The first-order chi connectivity index (χ1) is 9.18. The molecule has 19 heavy (non-hydrogen) atoms. The van der Waals surface area contributed by atoms with Gasteiger partial charge in [0.05, 0.1) is 11.2 Å². The normalized spacial score (nSPS) is 11.1. The molecule has 0 spiro atoms. The minimum atomic E-state index is -0.412. The third kappa shape index (κ3) is 3.69. The van der Waals surface area contributed by atoms with E-state index in [1.807, 2.05) is 24.3 Å². The Hall–Kier alpha value is -1.58. The van der Waals surface area contributed by atoms with Gasteiger partial charge in [0.25, 0.3) is 5.56 Å². The summed E-state index contributed by atoms with van der Waals surface area (Å²) in [5.74, 6) is 0. The molecule has 1 heterocycles. The van der Waals surface area contributed by atoms with Crippen molar-refractivity contribution in [3.05, 3.63) is 68.6 Å². The molecule has 0 saturated carbocycles. The van der Waals surface area contributed by atoms with E-state index in [1.165, 1.54) is 16.4 Å². The van der Waals surface area contributed by atoms with Gasteiger partial charge in [-0.25, -0.2) is 4.68 Å². The maximum absolute atomic E-state index is 11.7. The maximum Gasteiger partial charge on any atom is 0.291 e. The molecule has 3 nitrogen and oxygen atoms in total. The molecular weight excluding hydrogens is 283 g/mol. The van der Waals surface area contributed by atoms with Crippen LogP contribution in [0.2, 0.25) is 10.0 Å². The second-order valence-electron chi connectivity index (χ2n) is 3.97. The number of aromatic nitrogens is 2. The number of rotatable bonds is 4. The van der Waals surface area contributed by atoms with Crippen molar-refractivity contribution in [2.45, 2.75) is 12.8 Å². The zero-order valence-corrected chi connectivity index (χ0v) is 11.6. The van der Waals surface area contributed by atoms with Crippen LogP contribution in [0.25, 0.3) is 6.20 Å². The summed E-state index contributed by atoms with van der Waals surface area (Å²) in [5, 5.41) is 4.04. The van der Waals surface area contributed by atoms with Gasteiger partial charge in [-0.05, 0) is 18.4 Å². The van der Waals surface area contributed by atoms with E-state index in [0.717, 1.165) is 12.8 Å². The lowest BCUT2D eigenvalue weighted by Crippen LogP contribution is -2.18. The van der Waals surface area contributed by atoms with Gasteiger partial charge in [0, 0.05) is 6.20 Å². The Morgan fingerprint density at radius 1 is 1.21 bits per heavy atom. The Bertz CT molecular complexity index is 636. The highest BCUT2D eigenvalue weighted by Gasteiger charge is 2.04. The minimum Gasteiger partial charge on any atom is -0.266 e. The summed E-state index contributed by atoms with van der Waals surface area (Å²) in [6, 6.07) is 10.1. The molecule has 0 aliphatic heterocycles. The summed E-state index contributed by atoms with van der Waals surface area (Å²) in [5.41, 5.74) is 0.840. The molecule has 0 radical (unpaired) electrons. The number of allylic oxidation sites excluding steroid dienone is 1. The molecule has 1 aromatic heterocycles. The third-order valence-corrected chi connectivity index (χ3v) is 3.34. The lowest BCUT2D eigenvalue weighted by Gasteiger charge is -2.00. The highest BCUT2D eigenvalue weighted by Crippen LogP contribution is 2.14. The van der Waals surface area contributed by atoms with Crippen LogP contribution in [0.3, 0.4) is 0 Å². The average molecular weight is 295 g/mol. The third-order valence-electron chi connectivity index (χ3n) is 2.59. The smallest absolute Gasteiger partial charge is 0.266 e. The summed E-state index contributed by atoms with van der Waals surface area (Å²) < 4.78 is 1.18. The van der Waals surface area contributed by atoms with Gasteiger partial charge in [0.2, 0.25) is 0 Å². The maximum atomic E-state index is 11.7. The summed E-state index contributed by atoms with van der Waals surface area (Å²) in [7, 11) is 0. The van der Waals surface area contributed by atoms with Crippen LogP contribution in [0, 0.1) is 0 Å². The van der Waals surface area contributed by atoms with Crippen molar-refractivity contribution in [2.75, 3.05) is 0 Å². The fourth-order valence-corrected chi connectivity index (χ4v) is 1.86. The van der Waals surface area contributed by atoms with E-state index in [0.29, 0.717) is 0 Å². The first-order valence-electron chi connectivity index (χ1n) is 5.82. The van der Waals surface area contributed by atoms with Crippen LogP contribution in [-0.4, -0.2) is 9.78 Å².